The Bertz CT molecular complexity index is 464. The molecule has 0 radical (unpaired) electrons. The standard InChI is InChI=1S/C8H10IN5/c1-3-10-6-4-7(9)13-14-5(2)11-12-8(6)14/h4,10H,3H2,1-2H3. The lowest BCUT2D eigenvalue weighted by molar-refractivity contribution is 0.859. The summed E-state index contributed by atoms with van der Waals surface area (Å²) in [4.78, 5) is 0. The van der Waals surface area contributed by atoms with Crippen LogP contribution >= 0.6 is 22.6 Å². The van der Waals surface area contributed by atoms with Crippen LogP contribution in [0.2, 0.25) is 0 Å². The second kappa shape index (κ2) is 3.68. The molecule has 1 N–H and O–H groups in total. The van der Waals surface area contributed by atoms with Crippen molar-refractivity contribution in [2.75, 3.05) is 11.9 Å². The van der Waals surface area contributed by atoms with E-state index in [4.69, 9.17) is 0 Å². The molecule has 0 saturated carbocycles. The molecular weight excluding hydrogens is 293 g/mol. The van der Waals surface area contributed by atoms with Crippen LogP contribution in [0.15, 0.2) is 6.07 Å². The number of anilines is 1. The van der Waals surface area contributed by atoms with Gasteiger partial charge in [0.15, 0.2) is 5.82 Å². The quantitative estimate of drug-likeness (QED) is 0.854. The summed E-state index contributed by atoms with van der Waals surface area (Å²) in [5.74, 6) is 0.803. The Morgan fingerprint density at radius 2 is 2.29 bits per heavy atom. The zero-order valence-electron chi connectivity index (χ0n) is 7.95. The van der Waals surface area contributed by atoms with Crippen LogP contribution in [0.25, 0.3) is 5.65 Å². The van der Waals surface area contributed by atoms with Crippen molar-refractivity contribution >= 4 is 33.9 Å². The first-order valence-electron chi connectivity index (χ1n) is 4.35. The van der Waals surface area contributed by atoms with Gasteiger partial charge in [-0.05, 0) is 42.5 Å². The van der Waals surface area contributed by atoms with Gasteiger partial charge in [-0.25, -0.2) is 0 Å². The van der Waals surface area contributed by atoms with Crippen LogP contribution in [0.5, 0.6) is 0 Å². The molecule has 0 aromatic carbocycles. The van der Waals surface area contributed by atoms with Crippen LogP contribution in [-0.2, 0) is 0 Å². The Morgan fingerprint density at radius 3 is 3.00 bits per heavy atom. The highest BCUT2D eigenvalue weighted by atomic mass is 127. The van der Waals surface area contributed by atoms with E-state index in [9.17, 15) is 0 Å². The molecule has 0 aliphatic rings. The highest BCUT2D eigenvalue weighted by Gasteiger charge is 2.08. The number of fused-ring (bicyclic) bond motifs is 1. The van der Waals surface area contributed by atoms with E-state index >= 15 is 0 Å². The molecule has 0 unspecified atom stereocenters. The Balaban J connectivity index is 2.68. The number of nitrogens with zero attached hydrogens (tertiary/aromatic N) is 4. The van der Waals surface area contributed by atoms with Crippen molar-refractivity contribution in [3.05, 3.63) is 15.6 Å². The Labute approximate surface area is 95.1 Å². The maximum Gasteiger partial charge on any atom is 0.200 e. The lowest BCUT2D eigenvalue weighted by atomic mass is 10.4. The molecule has 0 amide bonds. The highest BCUT2D eigenvalue weighted by molar-refractivity contribution is 14.1. The van der Waals surface area contributed by atoms with Crippen LogP contribution in [0.1, 0.15) is 12.7 Å². The van der Waals surface area contributed by atoms with Crippen molar-refractivity contribution in [3.63, 3.8) is 0 Å². The molecular formula is C8H10IN5. The average molecular weight is 303 g/mol. The van der Waals surface area contributed by atoms with E-state index in [1.165, 1.54) is 0 Å². The monoisotopic (exact) mass is 303 g/mol. The molecule has 74 valence electrons. The van der Waals surface area contributed by atoms with E-state index in [0.717, 1.165) is 27.4 Å². The molecule has 5 nitrogen and oxygen atoms in total. The van der Waals surface area contributed by atoms with E-state index in [1.54, 1.807) is 4.52 Å². The zero-order valence-corrected chi connectivity index (χ0v) is 10.1. The second-order valence-electron chi connectivity index (χ2n) is 2.89. The summed E-state index contributed by atoms with van der Waals surface area (Å²) in [6.07, 6.45) is 0. The number of aromatic nitrogens is 4. The van der Waals surface area contributed by atoms with Crippen LogP contribution in [0.3, 0.4) is 0 Å². The molecule has 0 fully saturated rings. The van der Waals surface area contributed by atoms with Crippen molar-refractivity contribution < 1.29 is 0 Å². The van der Waals surface area contributed by atoms with Gasteiger partial charge in [0.2, 0.25) is 5.65 Å². The number of rotatable bonds is 2. The average Bonchev–Trinajstić information content (AvgIpc) is 2.49. The third kappa shape index (κ3) is 1.54. The predicted molar refractivity (Wildman–Crippen MR) is 62.4 cm³/mol. The number of hydrogen-bond acceptors (Lipinski definition) is 4. The first-order chi connectivity index (χ1) is 6.72. The number of halogens is 1. The Morgan fingerprint density at radius 1 is 1.50 bits per heavy atom. The first kappa shape index (κ1) is 9.63. The third-order valence-corrected chi connectivity index (χ3v) is 2.39. The van der Waals surface area contributed by atoms with E-state index in [0.29, 0.717) is 0 Å². The summed E-state index contributed by atoms with van der Waals surface area (Å²) in [6.45, 7) is 4.80. The highest BCUT2D eigenvalue weighted by Crippen LogP contribution is 2.16. The summed E-state index contributed by atoms with van der Waals surface area (Å²) in [7, 11) is 0. The SMILES string of the molecule is CCNc1cc(I)nn2c(C)nnc12. The number of nitrogens with one attached hydrogen (secondary N) is 1. The largest absolute Gasteiger partial charge is 0.382 e. The summed E-state index contributed by atoms with van der Waals surface area (Å²) in [5, 5.41) is 15.6. The number of aryl methyl sites for hydroxylation is 1. The molecule has 0 bridgehead atoms. The van der Waals surface area contributed by atoms with Gasteiger partial charge in [0.05, 0.1) is 5.69 Å². The summed E-state index contributed by atoms with van der Waals surface area (Å²) < 4.78 is 2.67. The van der Waals surface area contributed by atoms with Crippen molar-refractivity contribution in [1.29, 1.82) is 0 Å². The van der Waals surface area contributed by atoms with E-state index in [2.05, 4.69) is 43.2 Å². The van der Waals surface area contributed by atoms with E-state index in [1.807, 2.05) is 19.9 Å². The zero-order chi connectivity index (χ0) is 10.1. The van der Waals surface area contributed by atoms with Crippen LogP contribution < -0.4 is 5.32 Å². The molecule has 2 aromatic heterocycles. The van der Waals surface area contributed by atoms with Crippen molar-refractivity contribution in [2.24, 2.45) is 0 Å². The maximum absolute atomic E-state index is 4.32. The Kier molecular flexibility index (Phi) is 2.53. The van der Waals surface area contributed by atoms with Crippen molar-refractivity contribution in [2.45, 2.75) is 13.8 Å². The van der Waals surface area contributed by atoms with Gasteiger partial charge in [0.25, 0.3) is 0 Å². The lowest BCUT2D eigenvalue weighted by Crippen LogP contribution is -2.04. The molecule has 0 aliphatic carbocycles. The van der Waals surface area contributed by atoms with Gasteiger partial charge in [-0.15, -0.1) is 10.2 Å². The molecule has 2 rings (SSSR count). The van der Waals surface area contributed by atoms with Gasteiger partial charge >= 0.3 is 0 Å². The fourth-order valence-electron chi connectivity index (χ4n) is 1.27. The minimum Gasteiger partial charge on any atom is -0.382 e. The molecule has 0 aliphatic heterocycles. The minimum atomic E-state index is 0.782. The summed E-state index contributed by atoms with van der Waals surface area (Å²) in [6, 6.07) is 1.97. The van der Waals surface area contributed by atoms with Gasteiger partial charge in [0, 0.05) is 6.54 Å². The van der Waals surface area contributed by atoms with Gasteiger partial charge < -0.3 is 5.32 Å². The van der Waals surface area contributed by atoms with Gasteiger partial charge in [-0.2, -0.15) is 9.61 Å². The predicted octanol–water partition coefficient (Wildman–Crippen LogP) is 1.47. The first-order valence-corrected chi connectivity index (χ1v) is 5.42. The van der Waals surface area contributed by atoms with Gasteiger partial charge in [-0.1, -0.05) is 0 Å². The van der Waals surface area contributed by atoms with Crippen LogP contribution in [0, 0.1) is 10.6 Å². The molecule has 0 atom stereocenters. The lowest BCUT2D eigenvalue weighted by Gasteiger charge is -2.04. The van der Waals surface area contributed by atoms with Crippen molar-refractivity contribution in [3.8, 4) is 0 Å². The normalized spacial score (nSPS) is 10.8. The van der Waals surface area contributed by atoms with Gasteiger partial charge in [0.1, 0.15) is 3.70 Å². The fourth-order valence-corrected chi connectivity index (χ4v) is 1.80. The topological polar surface area (TPSA) is 55.1 Å². The maximum atomic E-state index is 4.32. The molecule has 6 heteroatoms. The summed E-state index contributed by atoms with van der Waals surface area (Å²) in [5.41, 5.74) is 1.76. The second-order valence-corrected chi connectivity index (χ2v) is 4.00. The molecule has 2 aromatic rings. The molecule has 0 saturated heterocycles. The molecule has 0 spiro atoms. The van der Waals surface area contributed by atoms with Crippen LogP contribution in [-0.4, -0.2) is 26.4 Å². The molecule has 14 heavy (non-hydrogen) atoms. The smallest absolute Gasteiger partial charge is 0.200 e. The fraction of sp³-hybridized carbons (Fsp3) is 0.375. The van der Waals surface area contributed by atoms with E-state index < -0.39 is 0 Å². The third-order valence-electron chi connectivity index (χ3n) is 1.86. The Hall–Kier alpha value is -0.920. The van der Waals surface area contributed by atoms with Crippen molar-refractivity contribution in [1.82, 2.24) is 19.8 Å². The summed E-state index contributed by atoms with van der Waals surface area (Å²) >= 11 is 2.18. The molecule has 2 heterocycles. The van der Waals surface area contributed by atoms with Crippen LogP contribution in [0.4, 0.5) is 5.69 Å². The minimum absolute atomic E-state index is 0.782. The number of hydrogen-bond donors (Lipinski definition) is 1. The van der Waals surface area contributed by atoms with E-state index in [-0.39, 0.29) is 0 Å². The van der Waals surface area contributed by atoms with Gasteiger partial charge in [-0.3, -0.25) is 0 Å².